The summed E-state index contributed by atoms with van der Waals surface area (Å²) >= 11 is 0. The minimum absolute atomic E-state index is 0.0986. The van der Waals surface area contributed by atoms with E-state index in [1.807, 2.05) is 46.8 Å². The van der Waals surface area contributed by atoms with E-state index in [4.69, 9.17) is 27.8 Å². The SMILES string of the molecule is COCOC1CC/C=C/C=C(\C)CC([C@H](C)/C=C(\C)COC(=O)C(C)(C)C)OC(=O)/C=C/CCC[C@H](O[Si](c2ccccc2)(c2ccccc2)C(C)(C)C)/C=C/[C@@H]1O[Si](c1ccccc1)(c1ccccc1)C(C)(C)C. The van der Waals surface area contributed by atoms with E-state index in [1.54, 1.807) is 13.2 Å². The van der Waals surface area contributed by atoms with Gasteiger partial charge in [-0.2, -0.15) is 0 Å². The molecule has 0 radical (unpaired) electrons. The maximum absolute atomic E-state index is 13.7. The second kappa shape index (κ2) is 28.2. The van der Waals surface area contributed by atoms with Crippen LogP contribution in [-0.4, -0.2) is 73.5 Å². The van der Waals surface area contributed by atoms with Crippen molar-refractivity contribution in [2.45, 2.75) is 156 Å². The molecule has 1 aliphatic rings. The first kappa shape index (κ1) is 60.7. The van der Waals surface area contributed by atoms with Crippen molar-refractivity contribution in [3.63, 3.8) is 0 Å². The van der Waals surface area contributed by atoms with Crippen molar-refractivity contribution in [1.29, 1.82) is 0 Å². The van der Waals surface area contributed by atoms with Crippen LogP contribution in [0.5, 0.6) is 0 Å². The maximum atomic E-state index is 13.7. The Balaban J connectivity index is 1.67. The molecule has 0 spiro atoms. The summed E-state index contributed by atoms with van der Waals surface area (Å²) in [7, 11) is -4.53. The van der Waals surface area contributed by atoms with Crippen molar-refractivity contribution in [2.75, 3.05) is 20.5 Å². The summed E-state index contributed by atoms with van der Waals surface area (Å²) in [5.41, 5.74) is 1.36. The van der Waals surface area contributed by atoms with E-state index < -0.39 is 40.4 Å². The van der Waals surface area contributed by atoms with Gasteiger partial charge in [0.25, 0.3) is 16.6 Å². The number of hydrogen-bond donors (Lipinski definition) is 0. The van der Waals surface area contributed by atoms with Gasteiger partial charge in [0, 0.05) is 25.5 Å². The predicted octanol–water partition coefficient (Wildman–Crippen LogP) is 12.9. The van der Waals surface area contributed by atoms with Gasteiger partial charge in [-0.3, -0.25) is 4.79 Å². The highest BCUT2D eigenvalue weighted by Gasteiger charge is 2.53. The molecule has 4 aromatic rings. The van der Waals surface area contributed by atoms with Crippen LogP contribution in [0, 0.1) is 11.3 Å². The van der Waals surface area contributed by atoms with Crippen LogP contribution in [0.2, 0.25) is 10.1 Å². The Morgan fingerprint density at radius 2 is 1.21 bits per heavy atom. The second-order valence-electron chi connectivity index (χ2n) is 23.3. The third kappa shape index (κ3) is 16.9. The average Bonchev–Trinajstić information content (AvgIpc) is 3.37. The normalized spacial score (nSPS) is 21.9. The molecule has 0 saturated carbocycles. The molecule has 0 amide bonds. The monoisotopic (exact) mass is 1050 g/mol. The lowest BCUT2D eigenvalue weighted by molar-refractivity contribution is -0.151. The molecule has 0 fully saturated rings. The minimum Gasteiger partial charge on any atom is -0.461 e. The topological polar surface area (TPSA) is 89.5 Å². The molecule has 5 rings (SSSR count). The summed E-state index contributed by atoms with van der Waals surface area (Å²) in [4.78, 5) is 26.3. The van der Waals surface area contributed by atoms with Crippen molar-refractivity contribution in [1.82, 2.24) is 0 Å². The van der Waals surface area contributed by atoms with Crippen molar-refractivity contribution in [3.8, 4) is 0 Å². The Kier molecular flexibility index (Phi) is 22.8. The second-order valence-corrected chi connectivity index (χ2v) is 31.8. The lowest BCUT2D eigenvalue weighted by Crippen LogP contribution is -2.68. The van der Waals surface area contributed by atoms with Gasteiger partial charge in [-0.15, -0.1) is 0 Å². The van der Waals surface area contributed by atoms with Crippen LogP contribution in [0.3, 0.4) is 0 Å². The number of rotatable bonds is 15. The Morgan fingerprint density at radius 1 is 0.707 bits per heavy atom. The summed E-state index contributed by atoms with van der Waals surface area (Å²) < 4.78 is 40.3. The molecule has 0 aromatic heterocycles. The number of allylic oxidation sites excluding steroid dienone is 4. The third-order valence-electron chi connectivity index (χ3n) is 14.0. The third-order valence-corrected chi connectivity index (χ3v) is 24.1. The molecule has 5 atom stereocenters. The molecule has 0 bridgehead atoms. The van der Waals surface area contributed by atoms with Crippen LogP contribution in [0.1, 0.15) is 122 Å². The molecule has 4 aromatic carbocycles. The summed E-state index contributed by atoms with van der Waals surface area (Å²) in [6.07, 6.45) is 18.5. The zero-order valence-corrected chi connectivity index (χ0v) is 49.5. The predicted molar refractivity (Wildman–Crippen MR) is 314 cm³/mol. The van der Waals surface area contributed by atoms with Crippen LogP contribution < -0.4 is 20.7 Å². The highest BCUT2D eigenvalue weighted by molar-refractivity contribution is 7.00. The number of benzene rings is 4. The van der Waals surface area contributed by atoms with E-state index in [1.165, 1.54) is 20.7 Å². The maximum Gasteiger partial charge on any atom is 0.330 e. The minimum atomic E-state index is -3.14. The van der Waals surface area contributed by atoms with Gasteiger partial charge in [0.15, 0.2) is 0 Å². The van der Waals surface area contributed by atoms with Crippen molar-refractivity contribution >= 4 is 49.3 Å². The molecule has 0 saturated heterocycles. The number of hydrogen-bond acceptors (Lipinski definition) is 8. The van der Waals surface area contributed by atoms with Crippen LogP contribution in [0.25, 0.3) is 0 Å². The number of esters is 2. The molecule has 10 heteroatoms. The summed E-state index contributed by atoms with van der Waals surface area (Å²) in [6, 6.07) is 43.1. The van der Waals surface area contributed by atoms with E-state index >= 15 is 0 Å². The van der Waals surface area contributed by atoms with E-state index in [0.717, 1.165) is 17.6 Å². The van der Waals surface area contributed by atoms with Gasteiger partial charge in [0.1, 0.15) is 19.5 Å². The summed E-state index contributed by atoms with van der Waals surface area (Å²) in [5.74, 6) is -0.804. The number of carbonyl (C=O) groups is 2. The number of carbonyl (C=O) groups excluding carboxylic acids is 2. The molecule has 0 N–H and O–H groups in total. The van der Waals surface area contributed by atoms with Crippen molar-refractivity contribution in [2.24, 2.45) is 11.3 Å². The highest BCUT2D eigenvalue weighted by atomic mass is 28.4. The first-order valence-corrected chi connectivity index (χ1v) is 30.8. The number of cyclic esters (lactones) is 1. The molecular formula is C65H88O8Si2. The number of methoxy groups -OCH3 is 1. The molecule has 75 heavy (non-hydrogen) atoms. The van der Waals surface area contributed by atoms with Crippen LogP contribution >= 0.6 is 0 Å². The zero-order chi connectivity index (χ0) is 54.7. The molecule has 0 aliphatic carbocycles. The molecule has 1 heterocycles. The first-order valence-electron chi connectivity index (χ1n) is 27.0. The quantitative estimate of drug-likeness (QED) is 0.0503. The largest absolute Gasteiger partial charge is 0.461 e. The standard InChI is InChI=1S/C65H88O8Si2/c1-50-32-20-14-30-42-58(70-49-68-13)59(73-75(65(10,11)12,56-38-26-18-27-39-56)57-40-28-19-29-41-57)45-44-53(72-74(64(7,8)9,54-34-22-16-23-35-54)55-36-24-17-25-37-55)33-21-15-31-43-61(66)71-60(47-50)52(3)46-51(2)48-69-62(67)63(4,5)6/h14,16-20,22-29,31-32,34-41,43-46,52-53,58-60H,15,21,30,33,42,47-49H2,1-13H3/b20-14+,43-31+,45-44+,50-32+,51-46+/t52-,53+,58?,59+,60?/m1/s1. The van der Waals surface area contributed by atoms with Gasteiger partial charge in [-0.05, 0) is 103 Å². The molecule has 2 unspecified atom stereocenters. The van der Waals surface area contributed by atoms with Crippen LogP contribution in [-0.2, 0) is 37.4 Å². The Hall–Kier alpha value is -5.21. The first-order chi connectivity index (χ1) is 35.6. The molecule has 404 valence electrons. The van der Waals surface area contributed by atoms with Gasteiger partial charge in [-0.25, -0.2) is 4.79 Å². The summed E-state index contributed by atoms with van der Waals surface area (Å²) in [6.45, 7) is 25.7. The fourth-order valence-electron chi connectivity index (χ4n) is 10.1. The van der Waals surface area contributed by atoms with Gasteiger partial charge in [-0.1, -0.05) is 218 Å². The highest BCUT2D eigenvalue weighted by Crippen LogP contribution is 2.40. The van der Waals surface area contributed by atoms with Crippen molar-refractivity contribution in [3.05, 3.63) is 181 Å². The fraction of sp³-hybridized carbons (Fsp3) is 0.446. The molecule has 8 nitrogen and oxygen atoms in total. The van der Waals surface area contributed by atoms with Gasteiger partial charge in [0.05, 0.1) is 23.7 Å². The fourth-order valence-corrected chi connectivity index (χ4v) is 19.4. The Morgan fingerprint density at radius 3 is 1.69 bits per heavy atom. The lowest BCUT2D eigenvalue weighted by atomic mass is 9.95. The van der Waals surface area contributed by atoms with E-state index in [-0.39, 0.29) is 47.4 Å². The van der Waals surface area contributed by atoms with Crippen molar-refractivity contribution < 1.29 is 37.4 Å². The average molecular weight is 1050 g/mol. The van der Waals surface area contributed by atoms with E-state index in [2.05, 4.69) is 200 Å². The van der Waals surface area contributed by atoms with Crippen LogP contribution in [0.4, 0.5) is 0 Å². The van der Waals surface area contributed by atoms with Crippen LogP contribution in [0.15, 0.2) is 181 Å². The molecular weight excluding hydrogens is 965 g/mol. The Labute approximate surface area is 453 Å². The lowest BCUT2D eigenvalue weighted by Gasteiger charge is -2.46. The van der Waals surface area contributed by atoms with E-state index in [9.17, 15) is 9.59 Å². The van der Waals surface area contributed by atoms with Gasteiger partial charge in [0.2, 0.25) is 0 Å². The Bertz CT molecular complexity index is 2440. The smallest absolute Gasteiger partial charge is 0.330 e. The molecule has 1 aliphatic heterocycles. The van der Waals surface area contributed by atoms with Gasteiger partial charge >= 0.3 is 11.9 Å². The van der Waals surface area contributed by atoms with Gasteiger partial charge < -0.3 is 27.8 Å². The number of ether oxygens (including phenoxy) is 4. The van der Waals surface area contributed by atoms with E-state index in [0.29, 0.717) is 32.1 Å². The summed E-state index contributed by atoms with van der Waals surface area (Å²) in [5, 5.41) is 4.18. The zero-order valence-electron chi connectivity index (χ0n) is 47.5.